The number of nitrogens with zero attached hydrogens (tertiary/aromatic N) is 6. The average Bonchev–Trinajstić information content (AvgIpc) is 3.15. The Kier molecular flexibility index (Phi) is 4.54. The van der Waals surface area contributed by atoms with Crippen molar-refractivity contribution in [1.29, 1.82) is 0 Å². The Bertz CT molecular complexity index is 1270. The number of hydrogen-bond acceptors (Lipinski definition) is 8. The summed E-state index contributed by atoms with van der Waals surface area (Å²) < 4.78 is 50.8. The van der Waals surface area contributed by atoms with Crippen molar-refractivity contribution in [1.82, 2.24) is 29.5 Å². The number of imidazole rings is 1. The molecule has 5 rings (SSSR count). The highest BCUT2D eigenvalue weighted by molar-refractivity contribution is 7.09. The second-order valence-corrected chi connectivity index (χ2v) is 7.87. The summed E-state index contributed by atoms with van der Waals surface area (Å²) in [5.74, 6) is 0.196. The maximum absolute atomic E-state index is 12.9. The van der Waals surface area contributed by atoms with Crippen molar-refractivity contribution in [2.24, 2.45) is 0 Å². The highest BCUT2D eigenvalue weighted by Crippen LogP contribution is 2.56. The van der Waals surface area contributed by atoms with E-state index in [-0.39, 0.29) is 17.8 Å². The molecule has 4 aromatic heterocycles. The zero-order valence-corrected chi connectivity index (χ0v) is 17.1. The quantitative estimate of drug-likeness (QED) is 0.457. The average molecular weight is 448 g/mol. The highest BCUT2D eigenvalue weighted by atomic mass is 32.1. The van der Waals surface area contributed by atoms with E-state index in [0.717, 1.165) is 22.3 Å². The van der Waals surface area contributed by atoms with Crippen LogP contribution in [0.25, 0.3) is 16.9 Å². The van der Waals surface area contributed by atoms with Crippen LogP contribution in [0, 0.1) is 0 Å². The van der Waals surface area contributed by atoms with Gasteiger partial charge in [0, 0.05) is 35.5 Å². The van der Waals surface area contributed by atoms with E-state index in [9.17, 15) is 13.2 Å². The summed E-state index contributed by atoms with van der Waals surface area (Å²) in [7, 11) is 2.94. The maximum Gasteiger partial charge on any atom is 0.434 e. The van der Waals surface area contributed by atoms with E-state index in [1.165, 1.54) is 14.2 Å². The summed E-state index contributed by atoms with van der Waals surface area (Å²) in [6.45, 7) is 0. The van der Waals surface area contributed by atoms with Crippen LogP contribution < -0.4 is 9.47 Å². The molecule has 0 bridgehead atoms. The van der Waals surface area contributed by atoms with Gasteiger partial charge in [0.1, 0.15) is 0 Å². The number of halogens is 3. The van der Waals surface area contributed by atoms with Crippen LogP contribution in [-0.2, 0) is 6.18 Å². The molecule has 4 aromatic rings. The first kappa shape index (κ1) is 19.7. The molecule has 31 heavy (non-hydrogen) atoms. The summed E-state index contributed by atoms with van der Waals surface area (Å²) in [6, 6.07) is 2.02. The lowest BCUT2D eigenvalue weighted by Crippen LogP contribution is -2.05. The molecular weight excluding hydrogens is 433 g/mol. The van der Waals surface area contributed by atoms with Gasteiger partial charge in [-0.05, 0) is 18.4 Å². The Morgan fingerprint density at radius 3 is 2.68 bits per heavy atom. The molecule has 0 amide bonds. The summed E-state index contributed by atoms with van der Waals surface area (Å²) >= 11 is 1.04. The van der Waals surface area contributed by atoms with E-state index in [0.29, 0.717) is 34.2 Å². The topological polar surface area (TPSA) is 87.3 Å². The summed E-state index contributed by atoms with van der Waals surface area (Å²) in [6.07, 6.45) is 1.14. The SMILES string of the molecule is COc1ncc(-c2cc([C@H]3C[C@@H]3c3nc(C(F)(F)F)cs3)c3nccn3n2)c(OC)n1. The van der Waals surface area contributed by atoms with E-state index in [1.807, 2.05) is 6.07 Å². The van der Waals surface area contributed by atoms with Crippen LogP contribution in [0.3, 0.4) is 0 Å². The number of rotatable bonds is 5. The molecule has 0 N–H and O–H groups in total. The summed E-state index contributed by atoms with van der Waals surface area (Å²) in [5.41, 5.74) is 1.80. The predicted octanol–water partition coefficient (Wildman–Crippen LogP) is 3.95. The lowest BCUT2D eigenvalue weighted by Gasteiger charge is -2.10. The van der Waals surface area contributed by atoms with Gasteiger partial charge in [-0.25, -0.2) is 19.5 Å². The number of fused-ring (bicyclic) bond motifs is 1. The van der Waals surface area contributed by atoms with Crippen molar-refractivity contribution in [2.45, 2.75) is 24.4 Å². The number of aromatic nitrogens is 6. The van der Waals surface area contributed by atoms with Crippen LogP contribution >= 0.6 is 11.3 Å². The van der Waals surface area contributed by atoms with Crippen LogP contribution in [-0.4, -0.2) is 43.8 Å². The monoisotopic (exact) mass is 448 g/mol. The van der Waals surface area contributed by atoms with Crippen molar-refractivity contribution in [2.75, 3.05) is 14.2 Å². The van der Waals surface area contributed by atoms with Crippen molar-refractivity contribution in [3.8, 4) is 23.1 Å². The van der Waals surface area contributed by atoms with Gasteiger partial charge in [-0.1, -0.05) is 0 Å². The van der Waals surface area contributed by atoms with Crippen LogP contribution in [0.4, 0.5) is 13.2 Å². The van der Waals surface area contributed by atoms with Gasteiger partial charge < -0.3 is 9.47 Å². The van der Waals surface area contributed by atoms with Gasteiger partial charge in [-0.15, -0.1) is 11.3 Å². The molecule has 8 nitrogen and oxygen atoms in total. The highest BCUT2D eigenvalue weighted by Gasteiger charge is 2.45. The fraction of sp³-hybridized carbons (Fsp3) is 0.316. The number of hydrogen-bond donors (Lipinski definition) is 0. The van der Waals surface area contributed by atoms with E-state index in [1.54, 1.807) is 23.1 Å². The Morgan fingerprint density at radius 2 is 1.97 bits per heavy atom. The van der Waals surface area contributed by atoms with Crippen molar-refractivity contribution < 1.29 is 22.6 Å². The number of ether oxygens (including phenoxy) is 2. The molecule has 0 spiro atoms. The van der Waals surface area contributed by atoms with Crippen molar-refractivity contribution in [3.05, 3.63) is 46.3 Å². The lowest BCUT2D eigenvalue weighted by atomic mass is 10.1. The molecule has 0 saturated heterocycles. The normalized spacial score (nSPS) is 18.4. The molecule has 2 atom stereocenters. The van der Waals surface area contributed by atoms with E-state index in [4.69, 9.17) is 9.47 Å². The van der Waals surface area contributed by atoms with Crippen LogP contribution in [0.15, 0.2) is 30.0 Å². The van der Waals surface area contributed by atoms with Gasteiger partial charge in [0.2, 0.25) is 5.88 Å². The van der Waals surface area contributed by atoms with Crippen LogP contribution in [0.5, 0.6) is 11.9 Å². The van der Waals surface area contributed by atoms with Gasteiger partial charge in [0.05, 0.1) is 30.5 Å². The number of alkyl halides is 3. The fourth-order valence-electron chi connectivity index (χ4n) is 3.53. The zero-order chi connectivity index (χ0) is 21.8. The fourth-order valence-corrected chi connectivity index (χ4v) is 4.53. The van der Waals surface area contributed by atoms with E-state index < -0.39 is 11.9 Å². The molecule has 0 aromatic carbocycles. The first-order chi connectivity index (χ1) is 14.9. The minimum Gasteiger partial charge on any atom is -0.480 e. The molecule has 1 saturated carbocycles. The number of thiazole rings is 1. The first-order valence-electron chi connectivity index (χ1n) is 9.21. The number of methoxy groups -OCH3 is 2. The third-order valence-corrected chi connectivity index (χ3v) is 6.07. The maximum atomic E-state index is 12.9. The van der Waals surface area contributed by atoms with Crippen LogP contribution in [0.2, 0.25) is 0 Å². The minimum atomic E-state index is -4.44. The molecule has 1 aliphatic rings. The van der Waals surface area contributed by atoms with Crippen LogP contribution in [0.1, 0.15) is 34.5 Å². The molecule has 1 fully saturated rings. The minimum absolute atomic E-state index is 0.0101. The Morgan fingerprint density at radius 1 is 1.13 bits per heavy atom. The Hall–Kier alpha value is -3.28. The Balaban J connectivity index is 1.54. The summed E-state index contributed by atoms with van der Waals surface area (Å²) in [5, 5.41) is 6.11. The summed E-state index contributed by atoms with van der Waals surface area (Å²) in [4.78, 5) is 16.5. The first-order valence-corrected chi connectivity index (χ1v) is 10.1. The molecule has 0 unspecified atom stereocenters. The van der Waals surface area contributed by atoms with Gasteiger partial charge >= 0.3 is 12.2 Å². The van der Waals surface area contributed by atoms with Crippen molar-refractivity contribution in [3.63, 3.8) is 0 Å². The molecule has 0 radical (unpaired) electrons. The zero-order valence-electron chi connectivity index (χ0n) is 16.3. The predicted molar refractivity (Wildman–Crippen MR) is 104 cm³/mol. The third kappa shape index (κ3) is 3.46. The smallest absolute Gasteiger partial charge is 0.434 e. The van der Waals surface area contributed by atoms with Gasteiger partial charge in [-0.2, -0.15) is 23.3 Å². The molecule has 1 aliphatic carbocycles. The molecule has 160 valence electrons. The van der Waals surface area contributed by atoms with Crippen molar-refractivity contribution >= 4 is 17.0 Å². The van der Waals surface area contributed by atoms with Gasteiger partial charge in [-0.3, -0.25) is 0 Å². The standard InChI is InChI=1S/C19H15F3N6O2S/c1-29-16-12(7-24-18(26-16)30-2)13-6-10(15-23-3-4-28(15)27-13)9-5-11(9)17-25-14(8-31-17)19(20,21)22/h3-4,6-9,11H,5H2,1-2H3/t9-,11+/m1/s1. The molecule has 0 aliphatic heterocycles. The molecule has 12 heteroatoms. The third-order valence-electron chi connectivity index (χ3n) is 5.09. The van der Waals surface area contributed by atoms with Gasteiger partial charge in [0.15, 0.2) is 11.3 Å². The van der Waals surface area contributed by atoms with E-state index >= 15 is 0 Å². The Labute approximate surface area is 177 Å². The lowest BCUT2D eigenvalue weighted by molar-refractivity contribution is -0.140. The second-order valence-electron chi connectivity index (χ2n) is 6.98. The molecular formula is C19H15F3N6O2S. The largest absolute Gasteiger partial charge is 0.480 e. The second kappa shape index (κ2) is 7.15. The van der Waals surface area contributed by atoms with E-state index in [2.05, 4.69) is 25.0 Å². The molecule has 4 heterocycles. The van der Waals surface area contributed by atoms with Gasteiger partial charge in [0.25, 0.3) is 0 Å².